The molecule has 1 aliphatic heterocycles. The van der Waals surface area contributed by atoms with Crippen molar-refractivity contribution < 1.29 is 23.8 Å². The van der Waals surface area contributed by atoms with Crippen LogP contribution in [-0.4, -0.2) is 74.9 Å². The van der Waals surface area contributed by atoms with Gasteiger partial charge < -0.3 is 19.1 Å². The molecule has 1 saturated heterocycles. The smallest absolute Gasteiger partial charge is 0.308 e. The predicted octanol–water partition coefficient (Wildman–Crippen LogP) is 0.157. The third-order valence-electron chi connectivity index (χ3n) is 2.77. The molecule has 19 heavy (non-hydrogen) atoms. The number of thioether (sulfide) groups is 1. The van der Waals surface area contributed by atoms with E-state index in [0.717, 1.165) is 5.75 Å². The fourth-order valence-corrected chi connectivity index (χ4v) is 2.52. The molecule has 6 nitrogen and oxygen atoms in total. The van der Waals surface area contributed by atoms with Gasteiger partial charge in [-0.3, -0.25) is 9.59 Å². The van der Waals surface area contributed by atoms with Crippen LogP contribution in [0.1, 0.15) is 6.42 Å². The number of morpholine rings is 1. The maximum absolute atomic E-state index is 12.0. The maximum Gasteiger partial charge on any atom is 0.308 e. The monoisotopic (exact) mass is 291 g/mol. The summed E-state index contributed by atoms with van der Waals surface area (Å²) in [4.78, 5) is 24.9. The van der Waals surface area contributed by atoms with Gasteiger partial charge in [0.1, 0.15) is 0 Å². The van der Waals surface area contributed by atoms with E-state index in [0.29, 0.717) is 32.1 Å². The van der Waals surface area contributed by atoms with Crippen molar-refractivity contribution in [2.24, 2.45) is 0 Å². The van der Waals surface area contributed by atoms with Crippen LogP contribution in [0.15, 0.2) is 0 Å². The van der Waals surface area contributed by atoms with Gasteiger partial charge in [0.25, 0.3) is 0 Å². The van der Waals surface area contributed by atoms with Gasteiger partial charge >= 0.3 is 5.97 Å². The van der Waals surface area contributed by atoms with Gasteiger partial charge in [0.15, 0.2) is 0 Å². The Labute approximate surface area is 117 Å². The summed E-state index contributed by atoms with van der Waals surface area (Å²) >= 11 is 1.55. The van der Waals surface area contributed by atoms with Crippen molar-refractivity contribution >= 4 is 23.6 Å². The number of nitrogens with zero attached hydrogens (tertiary/aromatic N) is 1. The summed E-state index contributed by atoms with van der Waals surface area (Å²) in [5.41, 5.74) is 0. The molecule has 0 aromatic rings. The molecule has 1 amide bonds. The Morgan fingerprint density at radius 1 is 1.42 bits per heavy atom. The second-order valence-electron chi connectivity index (χ2n) is 4.16. The highest BCUT2D eigenvalue weighted by Crippen LogP contribution is 2.11. The van der Waals surface area contributed by atoms with E-state index >= 15 is 0 Å². The highest BCUT2D eigenvalue weighted by Gasteiger charge is 2.25. The summed E-state index contributed by atoms with van der Waals surface area (Å²) in [5.74, 6) is 1.01. The minimum Gasteiger partial charge on any atom is -0.469 e. The number of methoxy groups -OCH3 is 2. The molecule has 0 saturated carbocycles. The molecule has 0 radical (unpaired) electrons. The Morgan fingerprint density at radius 2 is 2.21 bits per heavy atom. The van der Waals surface area contributed by atoms with E-state index < -0.39 is 0 Å². The molecule has 1 unspecified atom stereocenters. The summed E-state index contributed by atoms with van der Waals surface area (Å²) < 4.78 is 15.0. The van der Waals surface area contributed by atoms with Crippen molar-refractivity contribution in [3.63, 3.8) is 0 Å². The number of esters is 1. The number of amides is 1. The quantitative estimate of drug-likeness (QED) is 0.492. The lowest BCUT2D eigenvalue weighted by Gasteiger charge is -2.32. The SMILES string of the molecule is COCCSCC(=O)N1CCOC(CC(=O)OC)C1. The minimum atomic E-state index is -0.311. The van der Waals surface area contributed by atoms with Crippen molar-refractivity contribution in [1.29, 1.82) is 0 Å². The first kappa shape index (κ1) is 16.3. The van der Waals surface area contributed by atoms with E-state index in [4.69, 9.17) is 9.47 Å². The summed E-state index contributed by atoms with van der Waals surface area (Å²) in [5, 5.41) is 0. The average molecular weight is 291 g/mol. The number of rotatable bonds is 7. The number of hydrogen-bond donors (Lipinski definition) is 0. The molecule has 0 aliphatic carbocycles. The average Bonchev–Trinajstić information content (AvgIpc) is 2.43. The Kier molecular flexibility index (Phi) is 7.85. The van der Waals surface area contributed by atoms with Crippen molar-refractivity contribution in [2.45, 2.75) is 12.5 Å². The summed E-state index contributed by atoms with van der Waals surface area (Å²) in [7, 11) is 2.99. The lowest BCUT2D eigenvalue weighted by atomic mass is 10.2. The first-order valence-electron chi connectivity index (χ1n) is 6.20. The standard InChI is InChI=1S/C12H21NO5S/c1-16-5-6-19-9-11(14)13-3-4-18-10(8-13)7-12(15)17-2/h10H,3-9H2,1-2H3. The largest absolute Gasteiger partial charge is 0.469 e. The van der Waals surface area contributed by atoms with Gasteiger partial charge in [-0.15, -0.1) is 11.8 Å². The Morgan fingerprint density at radius 3 is 2.89 bits per heavy atom. The van der Waals surface area contributed by atoms with Gasteiger partial charge in [0, 0.05) is 26.0 Å². The predicted molar refractivity (Wildman–Crippen MR) is 72.2 cm³/mol. The summed E-state index contributed by atoms with van der Waals surface area (Å²) in [6.45, 7) is 2.16. The van der Waals surface area contributed by atoms with E-state index in [9.17, 15) is 9.59 Å². The van der Waals surface area contributed by atoms with Crippen molar-refractivity contribution in [1.82, 2.24) is 4.90 Å². The van der Waals surface area contributed by atoms with Gasteiger partial charge in [-0.2, -0.15) is 0 Å². The van der Waals surface area contributed by atoms with Crippen LogP contribution in [0.4, 0.5) is 0 Å². The van der Waals surface area contributed by atoms with Gasteiger partial charge in [-0.05, 0) is 0 Å². The minimum absolute atomic E-state index is 0.0827. The number of carbonyl (C=O) groups excluding carboxylic acids is 2. The zero-order chi connectivity index (χ0) is 14.1. The van der Waals surface area contributed by atoms with Gasteiger partial charge in [-0.25, -0.2) is 0 Å². The second-order valence-corrected chi connectivity index (χ2v) is 5.26. The Hall–Kier alpha value is -0.790. The molecule has 110 valence electrons. The van der Waals surface area contributed by atoms with Crippen LogP contribution in [0.2, 0.25) is 0 Å². The van der Waals surface area contributed by atoms with Crippen LogP contribution >= 0.6 is 11.8 Å². The third kappa shape index (κ3) is 6.26. The van der Waals surface area contributed by atoms with Crippen molar-refractivity contribution in [2.75, 3.05) is 52.0 Å². The molecular formula is C12H21NO5S. The van der Waals surface area contributed by atoms with Crippen molar-refractivity contribution in [3.8, 4) is 0 Å². The fourth-order valence-electron chi connectivity index (χ4n) is 1.73. The van der Waals surface area contributed by atoms with E-state index in [1.807, 2.05) is 0 Å². The molecule has 1 rings (SSSR count). The van der Waals surface area contributed by atoms with E-state index in [2.05, 4.69) is 4.74 Å². The lowest BCUT2D eigenvalue weighted by Crippen LogP contribution is -2.47. The van der Waals surface area contributed by atoms with Crippen LogP contribution in [0, 0.1) is 0 Å². The van der Waals surface area contributed by atoms with Gasteiger partial charge in [0.2, 0.25) is 5.91 Å². The van der Waals surface area contributed by atoms with E-state index in [-0.39, 0.29) is 24.4 Å². The molecule has 0 N–H and O–H groups in total. The molecule has 0 spiro atoms. The van der Waals surface area contributed by atoms with Gasteiger partial charge in [0.05, 0.1) is 38.6 Å². The zero-order valence-corrected chi connectivity index (χ0v) is 12.2. The van der Waals surface area contributed by atoms with E-state index in [1.165, 1.54) is 7.11 Å². The van der Waals surface area contributed by atoms with Gasteiger partial charge in [-0.1, -0.05) is 0 Å². The molecule has 1 aliphatic rings. The van der Waals surface area contributed by atoms with Crippen LogP contribution in [0.3, 0.4) is 0 Å². The topological polar surface area (TPSA) is 65.1 Å². The normalized spacial score (nSPS) is 19.3. The Bertz CT molecular complexity index is 300. The maximum atomic E-state index is 12.0. The van der Waals surface area contributed by atoms with E-state index in [1.54, 1.807) is 23.8 Å². The number of ether oxygens (including phenoxy) is 3. The molecule has 0 aromatic heterocycles. The molecule has 1 atom stereocenters. The Balaban J connectivity index is 2.28. The lowest BCUT2D eigenvalue weighted by molar-refractivity contribution is -0.149. The third-order valence-corrected chi connectivity index (χ3v) is 3.68. The molecule has 7 heteroatoms. The zero-order valence-electron chi connectivity index (χ0n) is 11.4. The molecule has 1 heterocycles. The first-order valence-corrected chi connectivity index (χ1v) is 7.35. The summed E-state index contributed by atoms with van der Waals surface area (Å²) in [6, 6.07) is 0. The van der Waals surface area contributed by atoms with Crippen LogP contribution in [0.5, 0.6) is 0 Å². The fraction of sp³-hybridized carbons (Fsp3) is 0.833. The van der Waals surface area contributed by atoms with Crippen LogP contribution in [0.25, 0.3) is 0 Å². The van der Waals surface area contributed by atoms with Crippen LogP contribution < -0.4 is 0 Å². The second kappa shape index (κ2) is 9.17. The molecule has 0 bridgehead atoms. The van der Waals surface area contributed by atoms with Crippen LogP contribution in [-0.2, 0) is 23.8 Å². The van der Waals surface area contributed by atoms with Crippen molar-refractivity contribution in [3.05, 3.63) is 0 Å². The number of carbonyl (C=O) groups is 2. The first-order chi connectivity index (χ1) is 9.17. The molecular weight excluding hydrogens is 270 g/mol. The number of hydrogen-bond acceptors (Lipinski definition) is 6. The molecule has 1 fully saturated rings. The highest BCUT2D eigenvalue weighted by molar-refractivity contribution is 7.99. The highest BCUT2D eigenvalue weighted by atomic mass is 32.2. The molecule has 0 aromatic carbocycles. The summed E-state index contributed by atoms with van der Waals surface area (Å²) in [6.07, 6.45) is -0.0639.